The Labute approximate surface area is 119 Å². The van der Waals surface area contributed by atoms with Gasteiger partial charge < -0.3 is 5.32 Å². The predicted octanol–water partition coefficient (Wildman–Crippen LogP) is 4.24. The first-order valence-corrected chi connectivity index (χ1v) is 11.4. The fraction of sp³-hybridized carbons (Fsp3) is 0.647. The third-order valence-electron chi connectivity index (χ3n) is 3.94. The van der Waals surface area contributed by atoms with Crippen LogP contribution in [0.1, 0.15) is 24.0 Å². The van der Waals surface area contributed by atoms with Crippen LogP contribution in [0.25, 0.3) is 0 Å². The van der Waals surface area contributed by atoms with E-state index in [0.29, 0.717) is 0 Å². The van der Waals surface area contributed by atoms with Crippen molar-refractivity contribution in [2.45, 2.75) is 57.9 Å². The summed E-state index contributed by atoms with van der Waals surface area (Å²) < 4.78 is 0. The van der Waals surface area contributed by atoms with Gasteiger partial charge in [0.25, 0.3) is 0 Å². The highest BCUT2D eigenvalue weighted by molar-refractivity contribution is 6.76. The minimum atomic E-state index is -0.983. The van der Waals surface area contributed by atoms with Gasteiger partial charge in [-0.3, -0.25) is 0 Å². The average molecular weight is 276 g/mol. The van der Waals surface area contributed by atoms with E-state index >= 15 is 0 Å². The highest BCUT2D eigenvalue weighted by Crippen LogP contribution is 2.24. The average Bonchev–Trinajstić information content (AvgIpc) is 3.11. The molecular formula is C17H29NSi. The third-order valence-corrected chi connectivity index (χ3v) is 5.75. The van der Waals surface area contributed by atoms with Gasteiger partial charge in [-0.1, -0.05) is 50.0 Å². The summed E-state index contributed by atoms with van der Waals surface area (Å²) in [5, 5.41) is 3.74. The second kappa shape index (κ2) is 6.23. The zero-order valence-corrected chi connectivity index (χ0v) is 14.0. The van der Waals surface area contributed by atoms with Crippen LogP contribution in [0.2, 0.25) is 25.7 Å². The van der Waals surface area contributed by atoms with Gasteiger partial charge in [-0.25, -0.2) is 0 Å². The minimum absolute atomic E-state index is 0.813. The minimum Gasteiger partial charge on any atom is -0.314 e. The predicted molar refractivity (Wildman–Crippen MR) is 87.6 cm³/mol. The van der Waals surface area contributed by atoms with E-state index in [2.05, 4.69) is 56.1 Å². The van der Waals surface area contributed by atoms with Gasteiger partial charge in [-0.2, -0.15) is 0 Å². The molecule has 1 aromatic rings. The van der Waals surface area contributed by atoms with Crippen molar-refractivity contribution in [1.29, 1.82) is 0 Å². The molecule has 1 unspecified atom stereocenters. The van der Waals surface area contributed by atoms with E-state index in [4.69, 9.17) is 0 Å². The standard InChI is InChI=1S/C17H29NSi/c1-14-7-5-6-8-16(14)11-15(13-19(2,3)4)12-18-17-9-10-17/h5-8,15,17-18H,9-13H2,1-4H3. The van der Waals surface area contributed by atoms with Gasteiger partial charge >= 0.3 is 0 Å². The van der Waals surface area contributed by atoms with Gasteiger partial charge in [-0.15, -0.1) is 0 Å². The second-order valence-corrected chi connectivity index (χ2v) is 13.0. The van der Waals surface area contributed by atoms with Crippen LogP contribution >= 0.6 is 0 Å². The maximum atomic E-state index is 3.74. The monoisotopic (exact) mass is 275 g/mol. The van der Waals surface area contributed by atoms with Crippen molar-refractivity contribution in [3.63, 3.8) is 0 Å². The van der Waals surface area contributed by atoms with Crippen molar-refractivity contribution in [1.82, 2.24) is 5.32 Å². The molecule has 1 saturated carbocycles. The third kappa shape index (κ3) is 5.49. The SMILES string of the molecule is Cc1ccccc1CC(CNC1CC1)C[Si](C)(C)C. The molecule has 1 N–H and O–H groups in total. The number of benzene rings is 1. The van der Waals surface area contributed by atoms with E-state index in [1.165, 1.54) is 37.4 Å². The van der Waals surface area contributed by atoms with E-state index in [-0.39, 0.29) is 0 Å². The summed E-state index contributed by atoms with van der Waals surface area (Å²) in [5.41, 5.74) is 3.00. The Morgan fingerprint density at radius 2 is 1.89 bits per heavy atom. The molecule has 1 atom stereocenters. The molecule has 19 heavy (non-hydrogen) atoms. The van der Waals surface area contributed by atoms with E-state index in [1.807, 2.05) is 0 Å². The van der Waals surface area contributed by atoms with E-state index in [9.17, 15) is 0 Å². The van der Waals surface area contributed by atoms with Gasteiger partial charge in [0.2, 0.25) is 0 Å². The topological polar surface area (TPSA) is 12.0 Å². The lowest BCUT2D eigenvalue weighted by Gasteiger charge is -2.25. The summed E-state index contributed by atoms with van der Waals surface area (Å²) in [6, 6.07) is 11.2. The zero-order valence-electron chi connectivity index (χ0n) is 13.0. The molecule has 0 radical (unpaired) electrons. The molecule has 1 nitrogen and oxygen atoms in total. The molecule has 2 heteroatoms. The Bertz CT molecular complexity index is 404. The lowest BCUT2D eigenvalue weighted by molar-refractivity contribution is 0.503. The van der Waals surface area contributed by atoms with Crippen molar-refractivity contribution >= 4 is 8.07 Å². The maximum absolute atomic E-state index is 3.74. The highest BCUT2D eigenvalue weighted by atomic mass is 28.3. The fourth-order valence-electron chi connectivity index (χ4n) is 2.85. The normalized spacial score (nSPS) is 17.5. The molecule has 1 aliphatic rings. The number of nitrogens with one attached hydrogen (secondary N) is 1. The van der Waals surface area contributed by atoms with Crippen molar-refractivity contribution in [2.75, 3.05) is 6.54 Å². The zero-order chi connectivity index (χ0) is 13.9. The lowest BCUT2D eigenvalue weighted by Crippen LogP contribution is -2.32. The number of rotatable bonds is 7. The molecule has 0 heterocycles. The first-order chi connectivity index (χ1) is 8.94. The first-order valence-electron chi connectivity index (χ1n) is 7.72. The Morgan fingerprint density at radius 3 is 2.47 bits per heavy atom. The van der Waals surface area contributed by atoms with Crippen LogP contribution in [0.15, 0.2) is 24.3 Å². The first kappa shape index (κ1) is 14.8. The fourth-order valence-corrected chi connectivity index (χ4v) is 4.87. The molecule has 106 valence electrons. The molecule has 0 aromatic heterocycles. The number of aryl methyl sites for hydroxylation is 1. The van der Waals surface area contributed by atoms with Crippen LogP contribution in [0.4, 0.5) is 0 Å². The number of hydrogen-bond acceptors (Lipinski definition) is 1. The Balaban J connectivity index is 1.97. The molecule has 0 bridgehead atoms. The van der Waals surface area contributed by atoms with Crippen LogP contribution < -0.4 is 5.32 Å². The quantitative estimate of drug-likeness (QED) is 0.734. The summed E-state index contributed by atoms with van der Waals surface area (Å²) in [6.07, 6.45) is 4.03. The van der Waals surface area contributed by atoms with Crippen LogP contribution in [0, 0.1) is 12.8 Å². The van der Waals surface area contributed by atoms with Gasteiger partial charge in [-0.05, 0) is 49.8 Å². The summed E-state index contributed by atoms with van der Waals surface area (Å²) in [7, 11) is -0.983. The molecular weight excluding hydrogens is 246 g/mol. The summed E-state index contributed by atoms with van der Waals surface area (Å²) in [4.78, 5) is 0. The molecule has 0 spiro atoms. The van der Waals surface area contributed by atoms with E-state index < -0.39 is 8.07 Å². The second-order valence-electron chi connectivity index (χ2n) is 7.44. The number of hydrogen-bond donors (Lipinski definition) is 1. The van der Waals surface area contributed by atoms with Crippen LogP contribution in [0.3, 0.4) is 0 Å². The molecule has 0 aliphatic heterocycles. The smallest absolute Gasteiger partial charge is 0.0446 e. The summed E-state index contributed by atoms with van der Waals surface area (Å²) in [5.74, 6) is 0.813. The molecule has 0 saturated heterocycles. The van der Waals surface area contributed by atoms with Crippen LogP contribution in [0.5, 0.6) is 0 Å². The molecule has 1 aromatic carbocycles. The Kier molecular flexibility index (Phi) is 4.85. The Morgan fingerprint density at radius 1 is 1.21 bits per heavy atom. The Hall–Kier alpha value is -0.603. The van der Waals surface area contributed by atoms with Crippen molar-refractivity contribution in [3.8, 4) is 0 Å². The molecule has 2 rings (SSSR count). The van der Waals surface area contributed by atoms with E-state index in [0.717, 1.165) is 12.0 Å². The van der Waals surface area contributed by atoms with E-state index in [1.54, 1.807) is 5.56 Å². The van der Waals surface area contributed by atoms with Crippen LogP contribution in [-0.2, 0) is 6.42 Å². The largest absolute Gasteiger partial charge is 0.314 e. The highest BCUT2D eigenvalue weighted by Gasteiger charge is 2.25. The van der Waals surface area contributed by atoms with Crippen LogP contribution in [-0.4, -0.2) is 20.7 Å². The molecule has 1 fully saturated rings. The maximum Gasteiger partial charge on any atom is 0.0446 e. The van der Waals surface area contributed by atoms with Gasteiger partial charge in [0.15, 0.2) is 0 Å². The van der Waals surface area contributed by atoms with Crippen molar-refractivity contribution in [2.24, 2.45) is 5.92 Å². The van der Waals surface area contributed by atoms with Gasteiger partial charge in [0.1, 0.15) is 0 Å². The molecule has 1 aliphatic carbocycles. The molecule has 0 amide bonds. The lowest BCUT2D eigenvalue weighted by atomic mass is 9.97. The van der Waals surface area contributed by atoms with Crippen molar-refractivity contribution < 1.29 is 0 Å². The van der Waals surface area contributed by atoms with Gasteiger partial charge in [0, 0.05) is 14.1 Å². The summed E-state index contributed by atoms with van der Waals surface area (Å²) >= 11 is 0. The summed E-state index contributed by atoms with van der Waals surface area (Å²) in [6.45, 7) is 10.9. The van der Waals surface area contributed by atoms with Crippen molar-refractivity contribution in [3.05, 3.63) is 35.4 Å². The van der Waals surface area contributed by atoms with Gasteiger partial charge in [0.05, 0.1) is 0 Å².